The van der Waals surface area contributed by atoms with Crippen LogP contribution in [0.3, 0.4) is 0 Å². The Morgan fingerprint density at radius 2 is 1.75 bits per heavy atom. The fraction of sp³-hybridized carbons (Fsp3) is 0.455. The second-order valence-electron chi connectivity index (χ2n) is 3.64. The van der Waals surface area contributed by atoms with Gasteiger partial charge < -0.3 is 5.32 Å². The van der Waals surface area contributed by atoms with Crippen LogP contribution in [0.1, 0.15) is 29.7 Å². The molecule has 0 saturated carbocycles. The summed E-state index contributed by atoms with van der Waals surface area (Å²) in [7, 11) is 1.72. The van der Waals surface area contributed by atoms with Crippen molar-refractivity contribution in [3.8, 4) is 0 Å². The van der Waals surface area contributed by atoms with Crippen LogP contribution in [-0.2, 0) is 6.18 Å². The zero-order chi connectivity index (χ0) is 11.6. The van der Waals surface area contributed by atoms with Crippen molar-refractivity contribution in [3.63, 3.8) is 0 Å². The molecule has 1 nitrogen and oxygen atoms in total. The first-order valence-electron chi connectivity index (χ1n) is 4.70. The van der Waals surface area contributed by atoms with Crippen LogP contribution in [0.15, 0.2) is 18.2 Å². The largest absolute Gasteiger partial charge is 0.416 e. The molecule has 0 unspecified atom stereocenters. The van der Waals surface area contributed by atoms with Crippen molar-refractivity contribution in [1.29, 1.82) is 0 Å². The molecule has 1 atom stereocenters. The number of benzene rings is 1. The van der Waals surface area contributed by atoms with Gasteiger partial charge in [0.05, 0.1) is 5.56 Å². The Hall–Kier alpha value is -0.680. The van der Waals surface area contributed by atoms with Gasteiger partial charge in [-0.25, -0.2) is 0 Å². The minimum Gasteiger partial charge on any atom is -0.313 e. The molecular weight excluding hydrogens is 235 g/mol. The lowest BCUT2D eigenvalue weighted by molar-refractivity contribution is -0.137. The van der Waals surface area contributed by atoms with E-state index in [1.807, 2.05) is 6.92 Å². The molecule has 1 aromatic carbocycles. The van der Waals surface area contributed by atoms with E-state index in [-0.39, 0.29) is 19.5 Å². The SMILES string of the molecule is CN[C@@H](C)c1cc(C)cc(C(F)(F)F)c1.S. The van der Waals surface area contributed by atoms with Crippen LogP contribution >= 0.6 is 13.5 Å². The molecule has 0 bridgehead atoms. The maximum Gasteiger partial charge on any atom is 0.416 e. The molecule has 0 aliphatic heterocycles. The van der Waals surface area contributed by atoms with Crippen molar-refractivity contribution in [2.75, 3.05) is 7.05 Å². The first-order chi connectivity index (χ1) is 6.84. The number of hydrogen-bond donors (Lipinski definition) is 1. The summed E-state index contributed by atoms with van der Waals surface area (Å²) in [4.78, 5) is 0. The van der Waals surface area contributed by atoms with Crippen LogP contribution in [0.5, 0.6) is 0 Å². The van der Waals surface area contributed by atoms with Gasteiger partial charge in [0.1, 0.15) is 0 Å². The number of rotatable bonds is 2. The van der Waals surface area contributed by atoms with Crippen molar-refractivity contribution in [3.05, 3.63) is 34.9 Å². The fourth-order valence-corrected chi connectivity index (χ4v) is 1.39. The van der Waals surface area contributed by atoms with Crippen molar-refractivity contribution in [2.24, 2.45) is 0 Å². The van der Waals surface area contributed by atoms with E-state index in [4.69, 9.17) is 0 Å². The minimum atomic E-state index is -4.27. The first kappa shape index (κ1) is 15.3. The van der Waals surface area contributed by atoms with Gasteiger partial charge >= 0.3 is 6.18 Å². The summed E-state index contributed by atoms with van der Waals surface area (Å²) >= 11 is 0. The van der Waals surface area contributed by atoms with Gasteiger partial charge in [0.2, 0.25) is 0 Å². The lowest BCUT2D eigenvalue weighted by Crippen LogP contribution is -2.14. The number of halogens is 3. The van der Waals surface area contributed by atoms with E-state index in [0.29, 0.717) is 11.1 Å². The van der Waals surface area contributed by atoms with Crippen LogP contribution in [-0.4, -0.2) is 7.05 Å². The highest BCUT2D eigenvalue weighted by atomic mass is 32.1. The van der Waals surface area contributed by atoms with E-state index in [0.717, 1.165) is 6.07 Å². The highest BCUT2D eigenvalue weighted by Gasteiger charge is 2.31. The van der Waals surface area contributed by atoms with Gasteiger partial charge in [-0.3, -0.25) is 0 Å². The first-order valence-corrected chi connectivity index (χ1v) is 4.70. The third-order valence-electron chi connectivity index (χ3n) is 2.36. The molecule has 1 aromatic rings. The molecule has 0 saturated heterocycles. The summed E-state index contributed by atoms with van der Waals surface area (Å²) in [5.74, 6) is 0. The van der Waals surface area contributed by atoms with E-state index in [9.17, 15) is 13.2 Å². The van der Waals surface area contributed by atoms with Gasteiger partial charge in [-0.05, 0) is 38.6 Å². The number of nitrogens with one attached hydrogen (secondary N) is 1. The maximum absolute atomic E-state index is 12.5. The summed E-state index contributed by atoms with van der Waals surface area (Å²) in [6.07, 6.45) is -4.27. The Morgan fingerprint density at radius 1 is 1.19 bits per heavy atom. The predicted molar refractivity (Wildman–Crippen MR) is 64.0 cm³/mol. The average molecular weight is 251 g/mol. The van der Waals surface area contributed by atoms with E-state index in [2.05, 4.69) is 5.32 Å². The van der Waals surface area contributed by atoms with Gasteiger partial charge in [-0.1, -0.05) is 11.6 Å². The molecule has 0 radical (unpaired) electrons. The molecule has 0 fully saturated rings. The van der Waals surface area contributed by atoms with Gasteiger partial charge in [-0.2, -0.15) is 26.7 Å². The highest BCUT2D eigenvalue weighted by Crippen LogP contribution is 2.31. The highest BCUT2D eigenvalue weighted by molar-refractivity contribution is 7.59. The predicted octanol–water partition coefficient (Wildman–Crippen LogP) is 3.41. The summed E-state index contributed by atoms with van der Waals surface area (Å²) in [5, 5.41) is 2.92. The number of alkyl halides is 3. The molecule has 0 amide bonds. The molecule has 5 heteroatoms. The standard InChI is InChI=1S/C11H14F3N.H2S/c1-7-4-9(8(2)15-3)6-10(5-7)11(12,13)14;/h4-6,8,15H,1-3H3;1H2/t8-;/m0./s1. The summed E-state index contributed by atoms with van der Waals surface area (Å²) < 4.78 is 37.5. The van der Waals surface area contributed by atoms with Crippen LogP contribution in [0.2, 0.25) is 0 Å². The van der Waals surface area contributed by atoms with E-state index in [1.54, 1.807) is 20.0 Å². The molecule has 0 heterocycles. The molecule has 16 heavy (non-hydrogen) atoms. The second-order valence-corrected chi connectivity index (χ2v) is 3.64. The fourth-order valence-electron chi connectivity index (χ4n) is 1.39. The third-order valence-corrected chi connectivity index (χ3v) is 2.36. The van der Waals surface area contributed by atoms with Crippen molar-refractivity contribution >= 4 is 13.5 Å². The van der Waals surface area contributed by atoms with E-state index in [1.165, 1.54) is 6.07 Å². The molecule has 92 valence electrons. The van der Waals surface area contributed by atoms with Crippen LogP contribution in [0.25, 0.3) is 0 Å². The Bertz CT molecular complexity index is 350. The topological polar surface area (TPSA) is 12.0 Å². The Balaban J connectivity index is 0.00000225. The second kappa shape index (κ2) is 5.59. The summed E-state index contributed by atoms with van der Waals surface area (Å²) in [6, 6.07) is 4.03. The van der Waals surface area contributed by atoms with Crippen molar-refractivity contribution in [1.82, 2.24) is 5.32 Å². The zero-order valence-electron chi connectivity index (χ0n) is 9.44. The van der Waals surface area contributed by atoms with Gasteiger partial charge in [-0.15, -0.1) is 0 Å². The number of aryl methyl sites for hydroxylation is 1. The minimum absolute atomic E-state index is 0. The van der Waals surface area contributed by atoms with E-state index >= 15 is 0 Å². The Morgan fingerprint density at radius 3 is 2.19 bits per heavy atom. The quantitative estimate of drug-likeness (QED) is 0.849. The van der Waals surface area contributed by atoms with Gasteiger partial charge in [0, 0.05) is 6.04 Å². The lowest BCUT2D eigenvalue weighted by atomic mass is 10.0. The molecule has 0 aromatic heterocycles. The third kappa shape index (κ3) is 3.72. The number of hydrogen-bond acceptors (Lipinski definition) is 1. The summed E-state index contributed by atoms with van der Waals surface area (Å²) in [5.41, 5.74) is 0.700. The molecule has 0 spiro atoms. The van der Waals surface area contributed by atoms with Gasteiger partial charge in [0.25, 0.3) is 0 Å². The maximum atomic E-state index is 12.5. The van der Waals surface area contributed by atoms with Gasteiger partial charge in [0.15, 0.2) is 0 Å². The Labute approximate surface area is 100 Å². The van der Waals surface area contributed by atoms with Crippen LogP contribution in [0, 0.1) is 6.92 Å². The Kier molecular flexibility index (Phi) is 5.35. The average Bonchev–Trinajstić information content (AvgIpc) is 2.14. The van der Waals surface area contributed by atoms with Crippen molar-refractivity contribution in [2.45, 2.75) is 26.1 Å². The molecule has 0 aliphatic carbocycles. The zero-order valence-corrected chi connectivity index (χ0v) is 10.4. The van der Waals surface area contributed by atoms with E-state index < -0.39 is 11.7 Å². The normalized spacial score (nSPS) is 13.1. The molecule has 0 aliphatic rings. The van der Waals surface area contributed by atoms with Crippen molar-refractivity contribution < 1.29 is 13.2 Å². The monoisotopic (exact) mass is 251 g/mol. The van der Waals surface area contributed by atoms with Crippen LogP contribution in [0.4, 0.5) is 13.2 Å². The summed E-state index contributed by atoms with van der Waals surface area (Å²) in [6.45, 7) is 3.50. The smallest absolute Gasteiger partial charge is 0.313 e. The molecule has 1 rings (SSSR count). The molecule has 1 N–H and O–H groups in total. The molecular formula is C11H16F3NS. The lowest BCUT2D eigenvalue weighted by Gasteiger charge is -2.15. The van der Waals surface area contributed by atoms with Crippen LogP contribution < -0.4 is 5.32 Å².